The van der Waals surface area contributed by atoms with E-state index in [9.17, 15) is 13.0 Å². The molecule has 69 heavy (non-hydrogen) atoms. The van der Waals surface area contributed by atoms with Crippen molar-refractivity contribution < 1.29 is 22.4 Å². The van der Waals surface area contributed by atoms with E-state index < -0.39 is 10.1 Å². The van der Waals surface area contributed by atoms with Gasteiger partial charge in [0.15, 0.2) is 5.16 Å². The van der Waals surface area contributed by atoms with Crippen LogP contribution >= 0.6 is 11.8 Å². The number of hydrogen-bond acceptors (Lipinski definition) is 16. The summed E-state index contributed by atoms with van der Waals surface area (Å²) in [6, 6.07) is 31.6. The molecule has 1 saturated carbocycles. The van der Waals surface area contributed by atoms with Crippen LogP contribution in [0.4, 0.5) is 57.4 Å². The lowest BCUT2D eigenvalue weighted by molar-refractivity contribution is 0.414. The smallest absolute Gasteiger partial charge is 0.296 e. The lowest BCUT2D eigenvalue weighted by Gasteiger charge is -2.25. The predicted molar refractivity (Wildman–Crippen MR) is 278 cm³/mol. The third-order valence-electron chi connectivity index (χ3n) is 12.2. The van der Waals surface area contributed by atoms with E-state index in [4.69, 9.17) is 34.7 Å². The quantitative estimate of drug-likeness (QED) is 0.0513. The first-order valence-electron chi connectivity index (χ1n) is 23.2. The fourth-order valence-corrected chi connectivity index (χ4v) is 10.4. The number of aromatic nitrogens is 3. The number of ether oxygens (including phenoxy) is 2. The summed E-state index contributed by atoms with van der Waals surface area (Å²) in [6.45, 7) is 11.1. The summed E-state index contributed by atoms with van der Waals surface area (Å²) in [6.07, 6.45) is 5.55. The van der Waals surface area contributed by atoms with E-state index >= 15 is 0 Å². The largest absolute Gasteiger partial charge is 0.494 e. The normalized spacial score (nSPS) is 13.4. The molecule has 0 bridgehead atoms. The van der Waals surface area contributed by atoms with Crippen LogP contribution in [0.1, 0.15) is 59.8 Å². The molecule has 1 aromatic heterocycles. The number of nitrogens with one attached hydrogen (secondary N) is 2. The number of azo groups is 2. The Hall–Kier alpha value is -6.89. The molecule has 0 spiro atoms. The lowest BCUT2D eigenvalue weighted by atomic mass is 10.0. The second kappa shape index (κ2) is 22.0. The highest BCUT2D eigenvalue weighted by atomic mass is 32.2. The molecule has 0 aliphatic heterocycles. The molecule has 1 fully saturated rings. The van der Waals surface area contributed by atoms with Crippen molar-refractivity contribution in [3.05, 3.63) is 103 Å². The molecule has 8 rings (SSSR count). The fourth-order valence-electron chi connectivity index (χ4n) is 8.58. The molecule has 3 N–H and O–H groups in total. The highest BCUT2D eigenvalue weighted by Gasteiger charge is 2.23. The molecule has 358 valence electrons. The Morgan fingerprint density at radius 3 is 1.68 bits per heavy atom. The van der Waals surface area contributed by atoms with Gasteiger partial charge in [0.05, 0.1) is 42.7 Å². The van der Waals surface area contributed by atoms with Gasteiger partial charge in [0.25, 0.3) is 10.1 Å². The second-order valence-electron chi connectivity index (χ2n) is 16.3. The number of nitrogens with zero attached hydrogens (tertiary/aromatic N) is 9. The first-order valence-corrected chi connectivity index (χ1v) is 25.6. The molecule has 0 radical (unpaired) electrons. The molecule has 1 heterocycles. The zero-order valence-electron chi connectivity index (χ0n) is 39.7. The van der Waals surface area contributed by atoms with Crippen LogP contribution in [0.25, 0.3) is 21.5 Å². The Labute approximate surface area is 407 Å². The molecule has 18 heteroatoms. The highest BCUT2D eigenvalue weighted by molar-refractivity contribution is 7.99. The maximum atomic E-state index is 12.7. The summed E-state index contributed by atoms with van der Waals surface area (Å²) in [5.74, 6) is 1.64. The number of rotatable bonds is 19. The Morgan fingerprint density at radius 2 is 1.13 bits per heavy atom. The molecular weight excluding hydrogens is 911 g/mol. The maximum absolute atomic E-state index is 12.7. The highest BCUT2D eigenvalue weighted by Crippen LogP contribution is 2.44. The van der Waals surface area contributed by atoms with E-state index in [0.29, 0.717) is 63.1 Å². The molecule has 7 aromatic rings. The van der Waals surface area contributed by atoms with Crippen molar-refractivity contribution in [2.24, 2.45) is 20.5 Å². The number of fused-ring (bicyclic) bond motifs is 2. The minimum absolute atomic E-state index is 0.0110. The van der Waals surface area contributed by atoms with E-state index in [-0.39, 0.29) is 22.5 Å². The Balaban J connectivity index is 1.27. The van der Waals surface area contributed by atoms with Gasteiger partial charge >= 0.3 is 0 Å². The molecule has 1 aliphatic carbocycles. The zero-order valence-corrected chi connectivity index (χ0v) is 41.3. The van der Waals surface area contributed by atoms with Crippen molar-refractivity contribution in [2.45, 2.75) is 75.1 Å². The van der Waals surface area contributed by atoms with E-state index in [2.05, 4.69) is 58.4 Å². The second-order valence-corrected chi connectivity index (χ2v) is 19.0. The van der Waals surface area contributed by atoms with Gasteiger partial charge in [0.1, 0.15) is 33.5 Å². The van der Waals surface area contributed by atoms with Crippen molar-refractivity contribution in [1.29, 1.82) is 0 Å². The number of thioether (sulfide) groups is 1. The van der Waals surface area contributed by atoms with Crippen LogP contribution in [0.15, 0.2) is 134 Å². The third-order valence-corrected chi connectivity index (χ3v) is 14.2. The van der Waals surface area contributed by atoms with Crippen molar-refractivity contribution >= 4 is 101 Å². The number of anilines is 6. The molecule has 16 nitrogen and oxygen atoms in total. The van der Waals surface area contributed by atoms with Crippen LogP contribution in [0.3, 0.4) is 0 Å². The van der Waals surface area contributed by atoms with Crippen LogP contribution in [0.2, 0.25) is 0 Å². The van der Waals surface area contributed by atoms with Crippen LogP contribution in [0.5, 0.6) is 11.5 Å². The van der Waals surface area contributed by atoms with Crippen molar-refractivity contribution in [3.8, 4) is 11.5 Å². The lowest BCUT2D eigenvalue weighted by Crippen LogP contribution is -2.22. The number of benzene rings is 6. The van der Waals surface area contributed by atoms with Gasteiger partial charge in [-0.3, -0.25) is 4.55 Å². The standard InChI is InChI=1S/C51H57N11O5S2/c1-7-61(8-2)43-29-39(41(31-45(43)66-5)58-57-38-26-18-21-33-19-14-16-24-36(33)38)52-49-54-50(56-51(55-49)68-35-22-12-11-13-23-35)53-40-30-44(62(9-3)10-4)46(67-6)32-42(40)59-60-48-37-25-17-15-20-34(37)27-28-47(48)69(63,64)65/h14-21,24-32,35H,7-13,22-23H2,1-6H3,(H,63,64,65)(H2,52,53,54,55,56). The van der Waals surface area contributed by atoms with E-state index in [1.165, 1.54) is 12.5 Å². The molecular formula is C51H57N11O5S2. The monoisotopic (exact) mass is 967 g/mol. The van der Waals surface area contributed by atoms with Gasteiger partial charge in [0.2, 0.25) is 11.9 Å². The summed E-state index contributed by atoms with van der Waals surface area (Å²) < 4.78 is 47.5. The topological polar surface area (TPSA) is 191 Å². The average Bonchev–Trinajstić information content (AvgIpc) is 3.36. The minimum Gasteiger partial charge on any atom is -0.494 e. The zero-order chi connectivity index (χ0) is 48.5. The molecule has 0 atom stereocenters. The Morgan fingerprint density at radius 1 is 0.623 bits per heavy atom. The van der Waals surface area contributed by atoms with Crippen LogP contribution in [-0.2, 0) is 10.1 Å². The van der Waals surface area contributed by atoms with Gasteiger partial charge < -0.3 is 29.9 Å². The summed E-state index contributed by atoms with van der Waals surface area (Å²) in [5.41, 5.74) is 4.20. The van der Waals surface area contributed by atoms with Gasteiger partial charge in [-0.2, -0.15) is 23.4 Å². The van der Waals surface area contributed by atoms with Crippen LogP contribution in [0, 0.1) is 0 Å². The molecule has 0 saturated heterocycles. The fraction of sp³-hybridized carbons (Fsp3) is 0.314. The van der Waals surface area contributed by atoms with Crippen LogP contribution < -0.4 is 29.9 Å². The minimum atomic E-state index is -4.68. The average molecular weight is 968 g/mol. The first-order chi connectivity index (χ1) is 33.5. The Kier molecular flexibility index (Phi) is 15.5. The molecule has 0 amide bonds. The van der Waals surface area contributed by atoms with E-state index in [1.54, 1.807) is 50.2 Å². The third kappa shape index (κ3) is 11.2. The first kappa shape index (κ1) is 48.6. The predicted octanol–water partition coefficient (Wildman–Crippen LogP) is 13.9. The van der Waals surface area contributed by atoms with Gasteiger partial charge in [-0.25, -0.2) is 0 Å². The molecule has 1 aliphatic rings. The van der Waals surface area contributed by atoms with Crippen molar-refractivity contribution in [1.82, 2.24) is 15.0 Å². The van der Waals surface area contributed by atoms with Gasteiger partial charge in [-0.1, -0.05) is 97.8 Å². The summed E-state index contributed by atoms with van der Waals surface area (Å²) in [4.78, 5) is 18.9. The van der Waals surface area contributed by atoms with Crippen molar-refractivity contribution in [2.75, 3.05) is 60.8 Å². The molecule has 6 aromatic carbocycles. The van der Waals surface area contributed by atoms with E-state index in [0.717, 1.165) is 72.0 Å². The van der Waals surface area contributed by atoms with Crippen molar-refractivity contribution in [3.63, 3.8) is 0 Å². The van der Waals surface area contributed by atoms with Gasteiger partial charge in [-0.05, 0) is 75.6 Å². The summed E-state index contributed by atoms with van der Waals surface area (Å²) >= 11 is 1.62. The SMILES string of the molecule is CCN(CC)c1cc(Nc2nc(Nc3cc(N(CC)CC)c(OC)cc3N=Nc3c(S(=O)(=O)O)ccc4ccccc34)nc(SC3CCCCC3)n2)c(N=Nc2cccc3ccccc23)cc1OC. The number of methoxy groups -OCH3 is 2. The summed E-state index contributed by atoms with van der Waals surface area (Å²) in [5, 5.41) is 29.8. The maximum Gasteiger partial charge on any atom is 0.296 e. The summed E-state index contributed by atoms with van der Waals surface area (Å²) in [7, 11) is -1.45. The number of hydrogen-bond donors (Lipinski definition) is 3. The van der Waals surface area contributed by atoms with Gasteiger partial charge in [0, 0.05) is 54.3 Å². The van der Waals surface area contributed by atoms with Gasteiger partial charge in [-0.15, -0.1) is 20.5 Å². The molecule has 0 unspecified atom stereocenters. The van der Waals surface area contributed by atoms with Crippen LogP contribution in [-0.4, -0.2) is 73.6 Å². The Bertz CT molecular complexity index is 3120. The van der Waals surface area contributed by atoms with E-state index in [1.807, 2.05) is 72.8 Å².